The van der Waals surface area contributed by atoms with Gasteiger partial charge < -0.3 is 15.7 Å². The molecule has 0 spiro atoms. The van der Waals surface area contributed by atoms with E-state index in [0.717, 1.165) is 44.0 Å². The third-order valence-electron chi connectivity index (χ3n) is 3.67. The van der Waals surface area contributed by atoms with E-state index in [1.54, 1.807) is 0 Å². The summed E-state index contributed by atoms with van der Waals surface area (Å²) < 4.78 is 0. The molecular formula is C16H26N2OS. The molecule has 0 amide bonds. The largest absolute Gasteiger partial charge is 0.387 e. The number of rotatable bonds is 8. The minimum absolute atomic E-state index is 0.519. The Morgan fingerprint density at radius 1 is 1.45 bits per heavy atom. The van der Waals surface area contributed by atoms with Crippen molar-refractivity contribution in [1.82, 2.24) is 10.6 Å². The van der Waals surface area contributed by atoms with E-state index in [1.165, 1.54) is 11.1 Å². The van der Waals surface area contributed by atoms with Crippen molar-refractivity contribution < 1.29 is 5.11 Å². The maximum atomic E-state index is 10.1. The van der Waals surface area contributed by atoms with Crippen LogP contribution in [0.1, 0.15) is 24.0 Å². The summed E-state index contributed by atoms with van der Waals surface area (Å²) in [6, 6.07) is 8.72. The summed E-state index contributed by atoms with van der Waals surface area (Å²) in [5, 5.41) is 16.7. The number of thioether (sulfide) groups is 1. The molecular weight excluding hydrogens is 268 g/mol. The van der Waals surface area contributed by atoms with Crippen molar-refractivity contribution in [2.45, 2.75) is 31.1 Å². The lowest BCUT2D eigenvalue weighted by molar-refractivity contribution is 0.0614. The smallest absolute Gasteiger partial charge is 0.0907 e. The Balaban J connectivity index is 1.49. The molecule has 20 heavy (non-hydrogen) atoms. The molecule has 1 aromatic carbocycles. The fourth-order valence-electron chi connectivity index (χ4n) is 2.49. The molecule has 1 aromatic rings. The summed E-state index contributed by atoms with van der Waals surface area (Å²) in [6.45, 7) is 5.50. The van der Waals surface area contributed by atoms with Crippen LogP contribution in [-0.4, -0.2) is 42.6 Å². The highest BCUT2D eigenvalue weighted by Gasteiger charge is 2.29. The average Bonchev–Trinajstić information content (AvgIpc) is 2.85. The van der Waals surface area contributed by atoms with E-state index in [-0.39, 0.29) is 0 Å². The fourth-order valence-corrected chi connectivity index (χ4v) is 3.40. The van der Waals surface area contributed by atoms with Gasteiger partial charge in [-0.2, -0.15) is 11.8 Å². The van der Waals surface area contributed by atoms with E-state index in [0.29, 0.717) is 6.54 Å². The van der Waals surface area contributed by atoms with E-state index in [9.17, 15) is 5.11 Å². The zero-order valence-electron chi connectivity index (χ0n) is 12.3. The normalized spacial score (nSPS) is 22.3. The Bertz CT molecular complexity index is 405. The topological polar surface area (TPSA) is 44.3 Å². The molecule has 1 saturated heterocycles. The van der Waals surface area contributed by atoms with Crippen LogP contribution < -0.4 is 10.6 Å². The second kappa shape index (κ2) is 8.03. The Morgan fingerprint density at radius 3 is 3.10 bits per heavy atom. The van der Waals surface area contributed by atoms with E-state index in [1.807, 2.05) is 11.8 Å². The number of hydrogen-bond acceptors (Lipinski definition) is 4. The molecule has 0 aliphatic carbocycles. The third-order valence-corrected chi connectivity index (χ3v) is 4.78. The summed E-state index contributed by atoms with van der Waals surface area (Å²) >= 11 is 1.98. The van der Waals surface area contributed by atoms with E-state index >= 15 is 0 Å². The zero-order chi connectivity index (χ0) is 14.3. The number of aliphatic hydroxyl groups is 1. The van der Waals surface area contributed by atoms with Gasteiger partial charge in [0.15, 0.2) is 0 Å². The molecule has 1 fully saturated rings. The first-order valence-corrected chi connectivity index (χ1v) is 8.61. The van der Waals surface area contributed by atoms with E-state index in [4.69, 9.17) is 0 Å². The average molecular weight is 294 g/mol. The summed E-state index contributed by atoms with van der Waals surface area (Å²) in [4.78, 5) is 0. The minimum atomic E-state index is -0.519. The van der Waals surface area contributed by atoms with Crippen molar-refractivity contribution in [2.24, 2.45) is 0 Å². The van der Waals surface area contributed by atoms with Crippen molar-refractivity contribution in [3.05, 3.63) is 35.4 Å². The molecule has 0 aromatic heterocycles. The van der Waals surface area contributed by atoms with Crippen LogP contribution >= 0.6 is 11.8 Å². The molecule has 0 bridgehead atoms. The predicted octanol–water partition coefficient (Wildman–Crippen LogP) is 1.93. The van der Waals surface area contributed by atoms with Crippen LogP contribution in [0.3, 0.4) is 0 Å². The van der Waals surface area contributed by atoms with Crippen molar-refractivity contribution in [1.29, 1.82) is 0 Å². The van der Waals surface area contributed by atoms with Crippen LogP contribution in [0.5, 0.6) is 0 Å². The van der Waals surface area contributed by atoms with Crippen LogP contribution in [-0.2, 0) is 5.75 Å². The van der Waals surface area contributed by atoms with Gasteiger partial charge in [0.2, 0.25) is 0 Å². The SMILES string of the molecule is Cc1cccc(CSCCCNC[C@]2(O)CCNC2)c1. The first-order valence-electron chi connectivity index (χ1n) is 7.45. The fraction of sp³-hybridized carbons (Fsp3) is 0.625. The van der Waals surface area contributed by atoms with Crippen LogP contribution in [0.4, 0.5) is 0 Å². The Kier molecular flexibility index (Phi) is 6.36. The first-order chi connectivity index (χ1) is 9.68. The van der Waals surface area contributed by atoms with Gasteiger partial charge in [-0.05, 0) is 44.2 Å². The first kappa shape index (κ1) is 15.8. The van der Waals surface area contributed by atoms with Crippen molar-refractivity contribution in [2.75, 3.05) is 31.9 Å². The van der Waals surface area contributed by atoms with Crippen molar-refractivity contribution >= 4 is 11.8 Å². The highest BCUT2D eigenvalue weighted by molar-refractivity contribution is 7.98. The Morgan fingerprint density at radius 2 is 2.35 bits per heavy atom. The van der Waals surface area contributed by atoms with Crippen molar-refractivity contribution in [3.63, 3.8) is 0 Å². The molecule has 3 nitrogen and oxygen atoms in total. The second-order valence-corrected chi connectivity index (χ2v) is 6.83. The van der Waals surface area contributed by atoms with Gasteiger partial charge in [-0.15, -0.1) is 0 Å². The summed E-state index contributed by atoms with van der Waals surface area (Å²) in [5.41, 5.74) is 2.23. The van der Waals surface area contributed by atoms with Crippen LogP contribution in [0.2, 0.25) is 0 Å². The second-order valence-electron chi connectivity index (χ2n) is 5.72. The lowest BCUT2D eigenvalue weighted by Gasteiger charge is -2.21. The lowest BCUT2D eigenvalue weighted by Crippen LogP contribution is -2.42. The van der Waals surface area contributed by atoms with Gasteiger partial charge in [-0.25, -0.2) is 0 Å². The minimum Gasteiger partial charge on any atom is -0.387 e. The molecule has 0 saturated carbocycles. The number of aryl methyl sites for hydroxylation is 1. The molecule has 0 unspecified atom stereocenters. The highest BCUT2D eigenvalue weighted by Crippen LogP contribution is 2.15. The molecule has 0 radical (unpaired) electrons. The van der Waals surface area contributed by atoms with Gasteiger partial charge in [0.1, 0.15) is 0 Å². The number of nitrogens with one attached hydrogen (secondary N) is 2. The molecule has 112 valence electrons. The maximum absolute atomic E-state index is 10.1. The Labute approximate surface area is 126 Å². The molecule has 2 rings (SSSR count). The number of β-amino-alcohol motifs (C(OH)–C–C–N with tert-alkyl or cyclic N) is 1. The van der Waals surface area contributed by atoms with Gasteiger partial charge in [-0.3, -0.25) is 0 Å². The summed E-state index contributed by atoms with van der Waals surface area (Å²) in [7, 11) is 0. The molecule has 1 atom stereocenters. The third kappa shape index (κ3) is 5.44. The van der Waals surface area contributed by atoms with Crippen LogP contribution in [0.25, 0.3) is 0 Å². The maximum Gasteiger partial charge on any atom is 0.0907 e. The van der Waals surface area contributed by atoms with Gasteiger partial charge in [-0.1, -0.05) is 29.8 Å². The van der Waals surface area contributed by atoms with Gasteiger partial charge in [0, 0.05) is 18.8 Å². The van der Waals surface area contributed by atoms with Crippen molar-refractivity contribution in [3.8, 4) is 0 Å². The quantitative estimate of drug-likeness (QED) is 0.641. The number of hydrogen-bond donors (Lipinski definition) is 3. The van der Waals surface area contributed by atoms with Crippen LogP contribution in [0, 0.1) is 6.92 Å². The van der Waals surface area contributed by atoms with E-state index < -0.39 is 5.60 Å². The number of benzene rings is 1. The van der Waals surface area contributed by atoms with Gasteiger partial charge in [0.25, 0.3) is 0 Å². The molecule has 1 aliphatic rings. The predicted molar refractivity (Wildman–Crippen MR) is 87.3 cm³/mol. The molecule has 1 heterocycles. The molecule has 4 heteroatoms. The molecule has 1 aliphatic heterocycles. The summed E-state index contributed by atoms with van der Waals surface area (Å²) in [6.07, 6.45) is 2.02. The summed E-state index contributed by atoms with van der Waals surface area (Å²) in [5.74, 6) is 2.26. The standard InChI is InChI=1S/C16H26N2OS/c1-14-4-2-5-15(10-14)11-20-9-3-7-17-12-16(19)6-8-18-13-16/h2,4-5,10,17-19H,3,6-9,11-13H2,1H3/t16-/m1/s1. The van der Waals surface area contributed by atoms with Gasteiger partial charge in [0.05, 0.1) is 5.60 Å². The van der Waals surface area contributed by atoms with E-state index in [2.05, 4.69) is 41.8 Å². The van der Waals surface area contributed by atoms with Gasteiger partial charge >= 0.3 is 0 Å². The molecule has 3 N–H and O–H groups in total. The zero-order valence-corrected chi connectivity index (χ0v) is 13.1. The highest BCUT2D eigenvalue weighted by atomic mass is 32.2. The monoisotopic (exact) mass is 294 g/mol. The van der Waals surface area contributed by atoms with Crippen LogP contribution in [0.15, 0.2) is 24.3 Å². The Hall–Kier alpha value is -0.550. The lowest BCUT2D eigenvalue weighted by atomic mass is 10.0.